The van der Waals surface area contributed by atoms with Crippen LogP contribution >= 0.6 is 17.1 Å². The highest BCUT2D eigenvalue weighted by atomic mass is 32.9. The lowest BCUT2D eigenvalue weighted by Gasteiger charge is -2.33. The Morgan fingerprint density at radius 1 is 1.29 bits per heavy atom. The summed E-state index contributed by atoms with van der Waals surface area (Å²) in [4.78, 5) is 12.5. The predicted molar refractivity (Wildman–Crippen MR) is 94.5 cm³/mol. The highest BCUT2D eigenvalue weighted by Crippen LogP contribution is 2.61. The number of ketones is 1. The molecule has 1 atom stereocenters. The molecule has 0 radical (unpaired) electrons. The maximum absolute atomic E-state index is 12.5. The summed E-state index contributed by atoms with van der Waals surface area (Å²) in [7, 11) is 0. The molecule has 0 bridgehead atoms. The summed E-state index contributed by atoms with van der Waals surface area (Å²) in [6.07, 6.45) is 4.96. The minimum absolute atomic E-state index is 0.210. The first kappa shape index (κ1) is 19.6. The lowest BCUT2D eigenvalue weighted by atomic mass is 9.87. The Morgan fingerprint density at radius 3 is 2.38 bits per heavy atom. The van der Waals surface area contributed by atoms with Crippen LogP contribution in [0.2, 0.25) is 0 Å². The van der Waals surface area contributed by atoms with Crippen LogP contribution in [0.3, 0.4) is 0 Å². The smallest absolute Gasteiger partial charge is 0.247 e. The van der Waals surface area contributed by atoms with E-state index in [0.29, 0.717) is 19.0 Å². The summed E-state index contributed by atoms with van der Waals surface area (Å²) in [5, 5.41) is 3.35. The SMILES string of the molecule is CCCOP(=S)(OCCC)SCC(=O)C1(C)CCCCN1. The van der Waals surface area contributed by atoms with E-state index in [9.17, 15) is 4.79 Å². The van der Waals surface area contributed by atoms with Gasteiger partial charge in [0.15, 0.2) is 5.78 Å². The Balaban J connectivity index is 2.54. The molecular formula is C14H28NO3PS2. The molecule has 0 spiro atoms. The molecule has 1 unspecified atom stereocenters. The Labute approximate surface area is 138 Å². The summed E-state index contributed by atoms with van der Waals surface area (Å²) in [5.74, 6) is 0.579. The van der Waals surface area contributed by atoms with Gasteiger partial charge in [-0.3, -0.25) is 4.79 Å². The minimum atomic E-state index is -2.39. The first-order chi connectivity index (χ1) is 9.96. The van der Waals surface area contributed by atoms with Gasteiger partial charge in [-0.25, -0.2) is 0 Å². The average molecular weight is 353 g/mol. The standard InChI is InChI=1S/C14H28NO3PS2/c1-4-10-17-19(20,18-11-5-2)21-12-13(16)14(3)8-6-7-9-15-14/h15H,4-12H2,1-3H3. The second kappa shape index (κ2) is 9.64. The van der Waals surface area contributed by atoms with Gasteiger partial charge >= 0.3 is 0 Å². The maximum Gasteiger partial charge on any atom is 0.247 e. The van der Waals surface area contributed by atoms with Crippen molar-refractivity contribution in [2.24, 2.45) is 0 Å². The van der Waals surface area contributed by atoms with Gasteiger partial charge in [0.2, 0.25) is 5.69 Å². The fourth-order valence-corrected chi connectivity index (χ4v) is 6.38. The van der Waals surface area contributed by atoms with Gasteiger partial charge in [-0.2, -0.15) is 0 Å². The van der Waals surface area contributed by atoms with E-state index in [-0.39, 0.29) is 5.78 Å². The highest BCUT2D eigenvalue weighted by molar-refractivity contribution is 8.68. The summed E-state index contributed by atoms with van der Waals surface area (Å²) in [5.41, 5.74) is -2.79. The third-order valence-corrected chi connectivity index (χ3v) is 8.75. The van der Waals surface area contributed by atoms with Crippen LogP contribution in [0.25, 0.3) is 0 Å². The summed E-state index contributed by atoms with van der Waals surface area (Å²) in [6.45, 7) is 8.19. The number of hydrogen-bond donors (Lipinski definition) is 1. The van der Waals surface area contributed by atoms with Crippen molar-refractivity contribution in [2.45, 2.75) is 58.4 Å². The van der Waals surface area contributed by atoms with Crippen LogP contribution in [-0.4, -0.2) is 36.8 Å². The molecule has 1 saturated heterocycles. The van der Waals surface area contributed by atoms with Crippen LogP contribution in [0.15, 0.2) is 0 Å². The summed E-state index contributed by atoms with van der Waals surface area (Å²) >= 11 is 6.94. The monoisotopic (exact) mass is 353 g/mol. The Hall–Kier alpha value is 0.550. The number of Topliss-reactive ketones (excluding diaryl/α,β-unsaturated/α-hetero) is 1. The third kappa shape index (κ3) is 6.67. The molecule has 21 heavy (non-hydrogen) atoms. The van der Waals surface area contributed by atoms with E-state index in [1.54, 1.807) is 0 Å². The molecule has 1 heterocycles. The Bertz CT molecular complexity index is 361. The van der Waals surface area contributed by atoms with Crippen molar-refractivity contribution in [3.8, 4) is 0 Å². The number of carbonyl (C=O) groups excluding carboxylic acids is 1. The average Bonchev–Trinajstić information content (AvgIpc) is 2.49. The molecule has 1 rings (SSSR count). The number of carbonyl (C=O) groups is 1. The zero-order valence-electron chi connectivity index (χ0n) is 13.4. The Morgan fingerprint density at radius 2 is 1.90 bits per heavy atom. The predicted octanol–water partition coefficient (Wildman–Crippen LogP) is 3.90. The van der Waals surface area contributed by atoms with Gasteiger partial charge in [-0.1, -0.05) is 25.2 Å². The molecule has 1 N–H and O–H groups in total. The lowest BCUT2D eigenvalue weighted by Crippen LogP contribution is -2.52. The molecule has 0 aromatic rings. The first-order valence-corrected chi connectivity index (χ1v) is 12.0. The molecule has 0 aromatic carbocycles. The number of nitrogens with one attached hydrogen (secondary N) is 1. The van der Waals surface area contributed by atoms with Gasteiger partial charge in [0, 0.05) is 0 Å². The van der Waals surface area contributed by atoms with E-state index in [4.69, 9.17) is 20.9 Å². The molecule has 0 aliphatic carbocycles. The fourth-order valence-electron chi connectivity index (χ4n) is 2.11. The number of rotatable bonds is 10. The minimum Gasteiger partial charge on any atom is -0.322 e. The van der Waals surface area contributed by atoms with E-state index >= 15 is 0 Å². The zero-order valence-corrected chi connectivity index (χ0v) is 15.9. The van der Waals surface area contributed by atoms with Crippen molar-refractivity contribution in [3.05, 3.63) is 0 Å². The quantitative estimate of drug-likeness (QED) is 0.601. The van der Waals surface area contributed by atoms with Gasteiger partial charge in [-0.15, -0.1) is 0 Å². The van der Waals surface area contributed by atoms with Crippen molar-refractivity contribution in [1.82, 2.24) is 5.32 Å². The fraction of sp³-hybridized carbons (Fsp3) is 0.929. The van der Waals surface area contributed by atoms with E-state index in [1.165, 1.54) is 11.4 Å². The van der Waals surface area contributed by atoms with Crippen LogP contribution in [0.4, 0.5) is 0 Å². The third-order valence-electron chi connectivity index (χ3n) is 3.49. The van der Waals surface area contributed by atoms with Crippen molar-refractivity contribution in [1.29, 1.82) is 0 Å². The molecule has 0 aromatic heterocycles. The molecule has 4 nitrogen and oxygen atoms in total. The van der Waals surface area contributed by atoms with Gasteiger partial charge in [0.05, 0.1) is 24.5 Å². The number of piperidine rings is 1. The summed E-state index contributed by atoms with van der Waals surface area (Å²) < 4.78 is 11.5. The van der Waals surface area contributed by atoms with Crippen LogP contribution in [0.5, 0.6) is 0 Å². The molecule has 7 heteroatoms. The van der Waals surface area contributed by atoms with Crippen LogP contribution in [0.1, 0.15) is 52.9 Å². The summed E-state index contributed by atoms with van der Waals surface area (Å²) in [6, 6.07) is 0. The molecule has 0 amide bonds. The van der Waals surface area contributed by atoms with Crippen molar-refractivity contribution in [2.75, 3.05) is 25.5 Å². The number of hydrogen-bond acceptors (Lipinski definition) is 6. The van der Waals surface area contributed by atoms with E-state index in [1.807, 2.05) is 20.8 Å². The second-order valence-electron chi connectivity index (χ2n) is 5.53. The second-order valence-corrected chi connectivity index (χ2v) is 11.8. The van der Waals surface area contributed by atoms with E-state index < -0.39 is 11.2 Å². The lowest BCUT2D eigenvalue weighted by molar-refractivity contribution is -0.123. The highest BCUT2D eigenvalue weighted by Gasteiger charge is 2.35. The van der Waals surface area contributed by atoms with Gasteiger partial charge in [0.1, 0.15) is 0 Å². The van der Waals surface area contributed by atoms with Crippen LogP contribution in [-0.2, 0) is 25.6 Å². The van der Waals surface area contributed by atoms with Gasteiger partial charge in [-0.05, 0) is 57.4 Å². The van der Waals surface area contributed by atoms with Crippen molar-refractivity contribution >= 4 is 34.7 Å². The first-order valence-electron chi connectivity index (χ1n) is 7.78. The van der Waals surface area contributed by atoms with Crippen molar-refractivity contribution < 1.29 is 13.8 Å². The van der Waals surface area contributed by atoms with E-state index in [0.717, 1.165) is 38.6 Å². The Kier molecular flexibility index (Phi) is 8.99. The maximum atomic E-state index is 12.5. The molecular weight excluding hydrogens is 325 g/mol. The van der Waals surface area contributed by atoms with Crippen molar-refractivity contribution in [3.63, 3.8) is 0 Å². The molecule has 1 aliphatic heterocycles. The van der Waals surface area contributed by atoms with Gasteiger partial charge < -0.3 is 14.4 Å². The van der Waals surface area contributed by atoms with Crippen LogP contribution < -0.4 is 5.32 Å². The normalized spacial score (nSPS) is 23.2. The largest absolute Gasteiger partial charge is 0.322 e. The van der Waals surface area contributed by atoms with Crippen LogP contribution in [0, 0.1) is 0 Å². The zero-order chi connectivity index (χ0) is 15.8. The van der Waals surface area contributed by atoms with Gasteiger partial charge in [0.25, 0.3) is 0 Å². The molecule has 0 saturated carbocycles. The topological polar surface area (TPSA) is 47.6 Å². The molecule has 1 aliphatic rings. The molecule has 1 fully saturated rings. The molecule has 124 valence electrons. The van der Waals surface area contributed by atoms with E-state index in [2.05, 4.69) is 5.32 Å².